The van der Waals surface area contributed by atoms with Gasteiger partial charge in [-0.05, 0) is 25.0 Å². The third kappa shape index (κ3) is 1.44. The molecule has 0 spiro atoms. The molecule has 1 saturated carbocycles. The van der Waals surface area contributed by atoms with Gasteiger partial charge in [0.15, 0.2) is 0 Å². The van der Waals surface area contributed by atoms with Crippen molar-refractivity contribution in [3.8, 4) is 0 Å². The van der Waals surface area contributed by atoms with Crippen LogP contribution in [0.25, 0.3) is 0 Å². The molecule has 1 fully saturated rings. The Kier molecular flexibility index (Phi) is 2.40. The summed E-state index contributed by atoms with van der Waals surface area (Å²) < 4.78 is 0. The predicted molar refractivity (Wildman–Crippen MR) is 63.8 cm³/mol. The molecule has 1 N–H and O–H groups in total. The maximum absolute atomic E-state index is 12.2. The first-order chi connectivity index (χ1) is 8.72. The molecule has 0 saturated heterocycles. The highest BCUT2D eigenvalue weighted by molar-refractivity contribution is 6.21. The minimum absolute atomic E-state index is 0.178. The Labute approximate surface area is 104 Å². The van der Waals surface area contributed by atoms with E-state index in [1.807, 2.05) is 0 Å². The van der Waals surface area contributed by atoms with Gasteiger partial charge in [0.05, 0.1) is 16.8 Å². The van der Waals surface area contributed by atoms with Crippen molar-refractivity contribution in [3.05, 3.63) is 35.4 Å². The highest BCUT2D eigenvalue weighted by Gasteiger charge is 2.41. The van der Waals surface area contributed by atoms with Crippen molar-refractivity contribution in [3.63, 3.8) is 0 Å². The normalized spacial score (nSPS) is 25.0. The van der Waals surface area contributed by atoms with Gasteiger partial charge in [-0.3, -0.25) is 14.5 Å². The van der Waals surface area contributed by atoms with Crippen molar-refractivity contribution < 1.29 is 14.8 Å². The minimum Gasteiger partial charge on any atom is -0.411 e. The fourth-order valence-corrected chi connectivity index (χ4v) is 2.66. The van der Waals surface area contributed by atoms with E-state index < -0.39 is 0 Å². The summed E-state index contributed by atoms with van der Waals surface area (Å²) in [4.78, 5) is 25.7. The smallest absolute Gasteiger partial charge is 0.261 e. The Balaban J connectivity index is 1.93. The Hall–Kier alpha value is -2.17. The second-order valence-electron chi connectivity index (χ2n) is 4.59. The lowest BCUT2D eigenvalue weighted by Gasteiger charge is -2.20. The van der Waals surface area contributed by atoms with Gasteiger partial charge in [-0.2, -0.15) is 0 Å². The van der Waals surface area contributed by atoms with Gasteiger partial charge in [-0.15, -0.1) is 0 Å². The van der Waals surface area contributed by atoms with E-state index in [4.69, 9.17) is 5.21 Å². The minimum atomic E-state index is -0.236. The summed E-state index contributed by atoms with van der Waals surface area (Å²) >= 11 is 0. The van der Waals surface area contributed by atoms with Crippen LogP contribution in [0.2, 0.25) is 0 Å². The predicted octanol–water partition coefficient (Wildman–Crippen LogP) is 1.67. The lowest BCUT2D eigenvalue weighted by molar-refractivity contribution is 0.0591. The highest BCUT2D eigenvalue weighted by Crippen LogP contribution is 2.30. The molecule has 18 heavy (non-hydrogen) atoms. The number of carbonyl (C=O) groups is 2. The maximum atomic E-state index is 12.2. The van der Waals surface area contributed by atoms with Crippen LogP contribution in [0.1, 0.15) is 40.0 Å². The van der Waals surface area contributed by atoms with E-state index in [1.165, 1.54) is 4.90 Å². The molecule has 1 aliphatic carbocycles. The van der Waals surface area contributed by atoms with Crippen molar-refractivity contribution in [2.24, 2.45) is 5.16 Å². The van der Waals surface area contributed by atoms with Crippen LogP contribution in [0.5, 0.6) is 0 Å². The molecule has 0 bridgehead atoms. The first kappa shape index (κ1) is 11.0. The Morgan fingerprint density at radius 1 is 1.17 bits per heavy atom. The van der Waals surface area contributed by atoms with E-state index in [2.05, 4.69) is 5.16 Å². The van der Waals surface area contributed by atoms with Crippen LogP contribution in [0.4, 0.5) is 0 Å². The zero-order chi connectivity index (χ0) is 12.7. The highest BCUT2D eigenvalue weighted by atomic mass is 16.4. The lowest BCUT2D eigenvalue weighted by atomic mass is 10.1. The molecule has 1 aromatic carbocycles. The maximum Gasteiger partial charge on any atom is 0.261 e. The summed E-state index contributed by atoms with van der Waals surface area (Å²) in [5, 5.41) is 11.9. The molecule has 1 atom stereocenters. The Morgan fingerprint density at radius 2 is 1.78 bits per heavy atom. The van der Waals surface area contributed by atoms with Crippen LogP contribution in [0.3, 0.4) is 0 Å². The monoisotopic (exact) mass is 244 g/mol. The van der Waals surface area contributed by atoms with Crippen molar-refractivity contribution >= 4 is 17.5 Å². The molecular formula is C13H12N2O3. The van der Waals surface area contributed by atoms with Crippen molar-refractivity contribution in [2.75, 3.05) is 0 Å². The number of amides is 2. The Bertz CT molecular complexity index is 530. The molecule has 1 heterocycles. The lowest BCUT2D eigenvalue weighted by Crippen LogP contribution is -2.38. The fourth-order valence-electron chi connectivity index (χ4n) is 2.66. The summed E-state index contributed by atoms with van der Waals surface area (Å²) in [5.41, 5.74) is 1.59. The van der Waals surface area contributed by atoms with E-state index in [1.54, 1.807) is 24.3 Å². The first-order valence-corrected chi connectivity index (χ1v) is 5.89. The van der Waals surface area contributed by atoms with Gasteiger partial charge in [0.1, 0.15) is 0 Å². The molecule has 0 aromatic heterocycles. The number of fused-ring (bicyclic) bond motifs is 1. The summed E-state index contributed by atoms with van der Waals surface area (Å²) in [7, 11) is 0. The largest absolute Gasteiger partial charge is 0.411 e. The third-order valence-corrected chi connectivity index (χ3v) is 3.57. The van der Waals surface area contributed by atoms with Crippen molar-refractivity contribution in [1.82, 2.24) is 4.90 Å². The summed E-state index contributed by atoms with van der Waals surface area (Å²) in [5.74, 6) is -0.473. The van der Waals surface area contributed by atoms with E-state index in [0.29, 0.717) is 36.1 Å². The van der Waals surface area contributed by atoms with Gasteiger partial charge in [-0.25, -0.2) is 0 Å². The molecule has 5 nitrogen and oxygen atoms in total. The topological polar surface area (TPSA) is 70.0 Å². The molecule has 2 amide bonds. The van der Waals surface area contributed by atoms with Crippen LogP contribution in [0, 0.1) is 0 Å². The third-order valence-electron chi connectivity index (χ3n) is 3.57. The van der Waals surface area contributed by atoms with E-state index in [-0.39, 0.29) is 17.9 Å². The van der Waals surface area contributed by atoms with E-state index in [0.717, 1.165) is 0 Å². The van der Waals surface area contributed by atoms with Crippen molar-refractivity contribution in [2.45, 2.75) is 25.3 Å². The number of rotatable bonds is 1. The number of nitrogens with zero attached hydrogens (tertiary/aromatic N) is 2. The van der Waals surface area contributed by atoms with Gasteiger partial charge < -0.3 is 5.21 Å². The van der Waals surface area contributed by atoms with E-state index >= 15 is 0 Å². The van der Waals surface area contributed by atoms with Crippen LogP contribution < -0.4 is 0 Å². The molecule has 1 aromatic rings. The molecule has 1 aliphatic heterocycles. The number of imide groups is 1. The first-order valence-electron chi connectivity index (χ1n) is 5.89. The average Bonchev–Trinajstić information content (AvgIpc) is 2.95. The standard InChI is InChI=1S/C13H12N2O3/c16-12-10-3-1-2-4-11(10)13(17)15(12)9-6-5-8(7-9)14-18/h1-4,9,18H,5-7H2/b14-8+. The van der Waals surface area contributed by atoms with Gasteiger partial charge in [0.2, 0.25) is 0 Å². The number of hydrogen-bond donors (Lipinski definition) is 1. The van der Waals surface area contributed by atoms with Crippen LogP contribution in [-0.4, -0.2) is 33.7 Å². The van der Waals surface area contributed by atoms with Crippen LogP contribution in [0.15, 0.2) is 29.4 Å². The van der Waals surface area contributed by atoms with Gasteiger partial charge in [0, 0.05) is 12.5 Å². The molecule has 2 aliphatic rings. The molecule has 92 valence electrons. The quantitative estimate of drug-likeness (QED) is 0.464. The van der Waals surface area contributed by atoms with Crippen LogP contribution >= 0.6 is 0 Å². The molecule has 3 rings (SSSR count). The van der Waals surface area contributed by atoms with Crippen molar-refractivity contribution in [1.29, 1.82) is 0 Å². The number of oxime groups is 1. The molecular weight excluding hydrogens is 232 g/mol. The summed E-state index contributed by atoms with van der Waals surface area (Å²) in [6, 6.07) is 6.67. The Morgan fingerprint density at radius 3 is 2.28 bits per heavy atom. The van der Waals surface area contributed by atoms with Gasteiger partial charge in [0.25, 0.3) is 11.8 Å². The second-order valence-corrected chi connectivity index (χ2v) is 4.59. The summed E-state index contributed by atoms with van der Waals surface area (Å²) in [6.07, 6.45) is 1.78. The summed E-state index contributed by atoms with van der Waals surface area (Å²) in [6.45, 7) is 0. The SMILES string of the molecule is O=C1c2ccccc2C(=O)N1C1CC/C(=N\O)C1. The molecule has 5 heteroatoms. The number of benzene rings is 1. The number of hydrogen-bond acceptors (Lipinski definition) is 4. The second kappa shape index (κ2) is 3.94. The average molecular weight is 244 g/mol. The molecule has 0 radical (unpaired) electrons. The number of carbonyl (C=O) groups excluding carboxylic acids is 2. The van der Waals surface area contributed by atoms with E-state index in [9.17, 15) is 9.59 Å². The van der Waals surface area contributed by atoms with Crippen LogP contribution in [-0.2, 0) is 0 Å². The zero-order valence-corrected chi connectivity index (χ0v) is 9.67. The molecule has 1 unspecified atom stereocenters. The zero-order valence-electron chi connectivity index (χ0n) is 9.67. The fraction of sp³-hybridized carbons (Fsp3) is 0.308. The van der Waals surface area contributed by atoms with Gasteiger partial charge in [-0.1, -0.05) is 17.3 Å². The van der Waals surface area contributed by atoms with Gasteiger partial charge >= 0.3 is 0 Å².